The zero-order valence-corrected chi connectivity index (χ0v) is 11.8. The van der Waals surface area contributed by atoms with E-state index in [1.165, 1.54) is 24.8 Å². The highest BCUT2D eigenvalue weighted by molar-refractivity contribution is 5.73. The van der Waals surface area contributed by atoms with E-state index in [1.807, 2.05) is 0 Å². The number of aromatic nitrogens is 1. The highest BCUT2D eigenvalue weighted by Gasteiger charge is 2.15. The Balaban J connectivity index is 1.80. The van der Waals surface area contributed by atoms with E-state index in [0.29, 0.717) is 5.92 Å². The van der Waals surface area contributed by atoms with E-state index in [2.05, 4.69) is 42.3 Å². The van der Waals surface area contributed by atoms with Gasteiger partial charge in [0.1, 0.15) is 5.52 Å². The third-order valence-corrected chi connectivity index (χ3v) is 3.95. The lowest BCUT2D eigenvalue weighted by atomic mass is 9.91. The third-order valence-electron chi connectivity index (χ3n) is 3.95. The molecule has 2 heterocycles. The SMILES string of the molecule is CC(C)c1nc2cc(CC3CCNCC3)ccc2o1. The lowest BCUT2D eigenvalue weighted by molar-refractivity contribution is 0.373. The number of benzene rings is 1. The molecule has 0 spiro atoms. The number of nitrogens with zero attached hydrogens (tertiary/aromatic N) is 1. The van der Waals surface area contributed by atoms with Crippen LogP contribution in [-0.4, -0.2) is 18.1 Å². The van der Waals surface area contributed by atoms with Crippen LogP contribution in [-0.2, 0) is 6.42 Å². The highest BCUT2D eigenvalue weighted by atomic mass is 16.3. The summed E-state index contributed by atoms with van der Waals surface area (Å²) in [4.78, 5) is 4.59. The van der Waals surface area contributed by atoms with Crippen LogP contribution in [0.25, 0.3) is 11.1 Å². The predicted molar refractivity (Wildman–Crippen MR) is 77.4 cm³/mol. The van der Waals surface area contributed by atoms with Crippen molar-refractivity contribution in [3.05, 3.63) is 29.7 Å². The molecule has 19 heavy (non-hydrogen) atoms. The summed E-state index contributed by atoms with van der Waals surface area (Å²) in [7, 11) is 0. The van der Waals surface area contributed by atoms with E-state index in [1.54, 1.807) is 0 Å². The van der Waals surface area contributed by atoms with E-state index in [0.717, 1.165) is 36.0 Å². The van der Waals surface area contributed by atoms with Crippen molar-refractivity contribution in [1.82, 2.24) is 10.3 Å². The van der Waals surface area contributed by atoms with Crippen molar-refractivity contribution in [2.24, 2.45) is 5.92 Å². The van der Waals surface area contributed by atoms with Gasteiger partial charge in [-0.05, 0) is 56.0 Å². The van der Waals surface area contributed by atoms with Crippen LogP contribution in [0, 0.1) is 5.92 Å². The summed E-state index contributed by atoms with van der Waals surface area (Å²) >= 11 is 0. The molecule has 1 N–H and O–H groups in total. The maximum atomic E-state index is 5.75. The van der Waals surface area contributed by atoms with Gasteiger partial charge in [0.25, 0.3) is 0 Å². The zero-order valence-electron chi connectivity index (χ0n) is 11.8. The van der Waals surface area contributed by atoms with E-state index < -0.39 is 0 Å². The van der Waals surface area contributed by atoms with Gasteiger partial charge in [0.15, 0.2) is 11.5 Å². The first-order valence-corrected chi connectivity index (χ1v) is 7.32. The van der Waals surface area contributed by atoms with Gasteiger partial charge in [-0.2, -0.15) is 0 Å². The van der Waals surface area contributed by atoms with Gasteiger partial charge >= 0.3 is 0 Å². The van der Waals surface area contributed by atoms with Crippen LogP contribution in [0.4, 0.5) is 0 Å². The molecule has 0 bridgehead atoms. The largest absolute Gasteiger partial charge is 0.440 e. The van der Waals surface area contributed by atoms with Crippen molar-refractivity contribution >= 4 is 11.1 Å². The Morgan fingerprint density at radius 1 is 1.32 bits per heavy atom. The van der Waals surface area contributed by atoms with Crippen molar-refractivity contribution in [3.63, 3.8) is 0 Å². The molecule has 0 aliphatic carbocycles. The minimum atomic E-state index is 0.347. The van der Waals surface area contributed by atoms with Gasteiger partial charge in [-0.25, -0.2) is 4.98 Å². The Bertz CT molecular complexity index is 553. The molecule has 1 aromatic carbocycles. The van der Waals surface area contributed by atoms with Gasteiger partial charge < -0.3 is 9.73 Å². The van der Waals surface area contributed by atoms with Gasteiger partial charge in [-0.15, -0.1) is 0 Å². The smallest absolute Gasteiger partial charge is 0.198 e. The molecule has 0 radical (unpaired) electrons. The second-order valence-corrected chi connectivity index (χ2v) is 5.91. The average Bonchev–Trinajstić information content (AvgIpc) is 2.83. The van der Waals surface area contributed by atoms with Gasteiger partial charge in [0, 0.05) is 5.92 Å². The second kappa shape index (κ2) is 5.33. The molecule has 2 aromatic rings. The number of hydrogen-bond acceptors (Lipinski definition) is 3. The van der Waals surface area contributed by atoms with E-state index in [4.69, 9.17) is 4.42 Å². The van der Waals surface area contributed by atoms with Crippen molar-refractivity contribution in [2.45, 2.75) is 39.0 Å². The third kappa shape index (κ3) is 2.81. The Hall–Kier alpha value is -1.35. The normalized spacial score (nSPS) is 17.4. The van der Waals surface area contributed by atoms with Crippen LogP contribution in [0.2, 0.25) is 0 Å². The van der Waals surface area contributed by atoms with Crippen LogP contribution in [0.5, 0.6) is 0 Å². The molecule has 0 unspecified atom stereocenters. The number of hydrogen-bond donors (Lipinski definition) is 1. The van der Waals surface area contributed by atoms with Crippen LogP contribution in [0.1, 0.15) is 44.1 Å². The Morgan fingerprint density at radius 3 is 2.84 bits per heavy atom. The molecule has 1 aliphatic rings. The molecule has 1 aliphatic heterocycles. The monoisotopic (exact) mass is 258 g/mol. The summed E-state index contributed by atoms with van der Waals surface area (Å²) in [6.07, 6.45) is 3.74. The fourth-order valence-electron chi connectivity index (χ4n) is 2.78. The summed E-state index contributed by atoms with van der Waals surface area (Å²) in [5, 5.41) is 3.42. The maximum Gasteiger partial charge on any atom is 0.198 e. The molecule has 1 aromatic heterocycles. The van der Waals surface area contributed by atoms with Crippen molar-refractivity contribution < 1.29 is 4.42 Å². The molecule has 1 saturated heterocycles. The van der Waals surface area contributed by atoms with Gasteiger partial charge in [-0.3, -0.25) is 0 Å². The first kappa shape index (κ1) is 12.7. The summed E-state index contributed by atoms with van der Waals surface area (Å²) < 4.78 is 5.75. The second-order valence-electron chi connectivity index (χ2n) is 5.91. The topological polar surface area (TPSA) is 38.1 Å². The van der Waals surface area contributed by atoms with Crippen molar-refractivity contribution in [3.8, 4) is 0 Å². The van der Waals surface area contributed by atoms with Gasteiger partial charge in [-0.1, -0.05) is 19.9 Å². The van der Waals surface area contributed by atoms with Crippen molar-refractivity contribution in [2.75, 3.05) is 13.1 Å². The number of nitrogens with one attached hydrogen (secondary N) is 1. The summed E-state index contributed by atoms with van der Waals surface area (Å²) in [6.45, 7) is 6.55. The van der Waals surface area contributed by atoms with E-state index >= 15 is 0 Å². The van der Waals surface area contributed by atoms with Crippen molar-refractivity contribution in [1.29, 1.82) is 0 Å². The number of fused-ring (bicyclic) bond motifs is 1. The van der Waals surface area contributed by atoms with E-state index in [9.17, 15) is 0 Å². The molecular weight excluding hydrogens is 236 g/mol. The lowest BCUT2D eigenvalue weighted by Gasteiger charge is -2.22. The minimum Gasteiger partial charge on any atom is -0.440 e. The maximum absolute atomic E-state index is 5.75. The quantitative estimate of drug-likeness (QED) is 0.915. The van der Waals surface area contributed by atoms with E-state index in [-0.39, 0.29) is 0 Å². The van der Waals surface area contributed by atoms with Crippen LogP contribution in [0.15, 0.2) is 22.6 Å². The average molecular weight is 258 g/mol. The molecule has 3 heteroatoms. The van der Waals surface area contributed by atoms with Gasteiger partial charge in [0.05, 0.1) is 0 Å². The fraction of sp³-hybridized carbons (Fsp3) is 0.562. The molecule has 102 valence electrons. The summed E-state index contributed by atoms with van der Waals surface area (Å²) in [6, 6.07) is 6.47. The molecule has 3 nitrogen and oxygen atoms in total. The Labute approximate surface area is 114 Å². The first-order chi connectivity index (χ1) is 9.22. The summed E-state index contributed by atoms with van der Waals surface area (Å²) in [5.74, 6) is 2.00. The highest BCUT2D eigenvalue weighted by Crippen LogP contribution is 2.24. The molecular formula is C16H22N2O. The van der Waals surface area contributed by atoms with Crippen LogP contribution >= 0.6 is 0 Å². The Kier molecular flexibility index (Phi) is 3.56. The predicted octanol–water partition coefficient (Wildman–Crippen LogP) is 3.49. The molecule has 1 fully saturated rings. The molecule has 3 rings (SSSR count). The zero-order chi connectivity index (χ0) is 13.2. The van der Waals surface area contributed by atoms with Crippen LogP contribution in [0.3, 0.4) is 0 Å². The number of rotatable bonds is 3. The van der Waals surface area contributed by atoms with Gasteiger partial charge in [0.2, 0.25) is 0 Å². The molecule has 0 atom stereocenters. The Morgan fingerprint density at radius 2 is 2.11 bits per heavy atom. The minimum absolute atomic E-state index is 0.347. The van der Waals surface area contributed by atoms with Crippen LogP contribution < -0.4 is 5.32 Å². The standard InChI is InChI=1S/C16H22N2O/c1-11(2)16-18-14-10-13(3-4-15(14)19-16)9-12-5-7-17-8-6-12/h3-4,10-12,17H,5-9H2,1-2H3. The number of oxazole rings is 1. The fourth-order valence-corrected chi connectivity index (χ4v) is 2.78. The molecule has 0 amide bonds. The number of piperidine rings is 1. The lowest BCUT2D eigenvalue weighted by Crippen LogP contribution is -2.28. The molecule has 0 saturated carbocycles. The summed E-state index contributed by atoms with van der Waals surface area (Å²) in [5.41, 5.74) is 3.32. The first-order valence-electron chi connectivity index (χ1n) is 7.32.